The Morgan fingerprint density at radius 3 is 2.38 bits per heavy atom. The molecule has 2 aromatic carbocycles. The van der Waals surface area contributed by atoms with Gasteiger partial charge in [-0.3, -0.25) is 19.5 Å². The SMILES string of the molecule is COc1ccc(COC(=O)CCCCCOC(=O)C2=C(C)NC(C)=C(P(=O)(O)OC)C2c2cccc([N+](=O)[O-])c2)cc1. The molecule has 0 bridgehead atoms. The van der Waals surface area contributed by atoms with Crippen LogP contribution in [0.25, 0.3) is 0 Å². The van der Waals surface area contributed by atoms with Gasteiger partial charge in [0.05, 0.1) is 35.4 Å². The molecule has 3 rings (SSSR count). The fourth-order valence-corrected chi connectivity index (χ4v) is 5.90. The van der Waals surface area contributed by atoms with Gasteiger partial charge in [0.1, 0.15) is 12.4 Å². The Morgan fingerprint density at radius 1 is 1.02 bits per heavy atom. The molecule has 1 aliphatic heterocycles. The van der Waals surface area contributed by atoms with Gasteiger partial charge in [-0.25, -0.2) is 4.79 Å². The van der Waals surface area contributed by atoms with E-state index in [1.807, 2.05) is 12.1 Å². The second-order valence-corrected chi connectivity index (χ2v) is 11.5. The molecule has 0 spiro atoms. The lowest BCUT2D eigenvalue weighted by Gasteiger charge is -2.32. The van der Waals surface area contributed by atoms with Crippen LogP contribution in [0.4, 0.5) is 5.69 Å². The number of non-ortho nitro benzene ring substituents is 1. The second-order valence-electron chi connectivity index (χ2n) is 9.62. The number of allylic oxidation sites excluding steroid dienone is 3. The van der Waals surface area contributed by atoms with Crippen molar-refractivity contribution in [1.29, 1.82) is 0 Å². The average Bonchev–Trinajstić information content (AvgIpc) is 2.97. The number of esters is 2. The molecule has 13 heteroatoms. The van der Waals surface area contributed by atoms with Gasteiger partial charge in [-0.2, -0.15) is 0 Å². The Labute approximate surface area is 244 Å². The lowest BCUT2D eigenvalue weighted by molar-refractivity contribution is -0.384. The predicted octanol–water partition coefficient (Wildman–Crippen LogP) is 5.47. The molecule has 2 aromatic rings. The van der Waals surface area contributed by atoms with E-state index in [9.17, 15) is 29.2 Å². The average molecular weight is 603 g/mol. The van der Waals surface area contributed by atoms with Crippen LogP contribution in [0, 0.1) is 10.1 Å². The number of benzene rings is 2. The van der Waals surface area contributed by atoms with Crippen LogP contribution >= 0.6 is 7.60 Å². The number of unbranched alkanes of at least 4 members (excludes halogenated alkanes) is 2. The molecule has 1 heterocycles. The first kappa shape index (κ1) is 32.5. The molecule has 12 nitrogen and oxygen atoms in total. The summed E-state index contributed by atoms with van der Waals surface area (Å²) in [6.07, 6.45) is 1.81. The zero-order chi connectivity index (χ0) is 30.9. The highest BCUT2D eigenvalue weighted by atomic mass is 31.2. The first-order chi connectivity index (χ1) is 20.0. The van der Waals surface area contributed by atoms with Gasteiger partial charge in [-0.15, -0.1) is 0 Å². The van der Waals surface area contributed by atoms with Crippen molar-refractivity contribution >= 4 is 25.2 Å². The zero-order valence-electron chi connectivity index (χ0n) is 24.0. The number of hydrogen-bond acceptors (Lipinski definition) is 10. The normalized spacial score (nSPS) is 16.4. The summed E-state index contributed by atoms with van der Waals surface area (Å²) in [7, 11) is -1.75. The molecule has 2 unspecified atom stereocenters. The maximum atomic E-state index is 13.3. The van der Waals surface area contributed by atoms with Crippen LogP contribution in [0.2, 0.25) is 0 Å². The number of carbonyl (C=O) groups is 2. The second kappa shape index (κ2) is 14.8. The quantitative estimate of drug-likeness (QED) is 0.0926. The highest BCUT2D eigenvalue weighted by Gasteiger charge is 2.43. The monoisotopic (exact) mass is 602 g/mol. The van der Waals surface area contributed by atoms with Crippen LogP contribution in [0.1, 0.15) is 56.6 Å². The molecular weight excluding hydrogens is 567 g/mol. The number of rotatable bonds is 14. The van der Waals surface area contributed by atoms with E-state index in [1.165, 1.54) is 18.2 Å². The van der Waals surface area contributed by atoms with E-state index in [0.717, 1.165) is 12.7 Å². The topological polar surface area (TPSA) is 164 Å². The fraction of sp³-hybridized carbons (Fsp3) is 0.379. The Kier molecular flexibility index (Phi) is 11.4. The molecule has 0 amide bonds. The van der Waals surface area contributed by atoms with Crippen molar-refractivity contribution in [1.82, 2.24) is 5.32 Å². The number of nitrogens with one attached hydrogen (secondary N) is 1. The molecule has 0 fully saturated rings. The van der Waals surface area contributed by atoms with Gasteiger partial charge in [0.15, 0.2) is 0 Å². The third-order valence-electron chi connectivity index (χ3n) is 6.73. The molecule has 226 valence electrons. The molecule has 1 aliphatic rings. The van der Waals surface area contributed by atoms with Crippen molar-refractivity contribution in [3.8, 4) is 5.75 Å². The summed E-state index contributed by atoms with van der Waals surface area (Å²) in [5, 5.41) is 14.3. The van der Waals surface area contributed by atoms with Gasteiger partial charge in [0, 0.05) is 37.1 Å². The predicted molar refractivity (Wildman–Crippen MR) is 153 cm³/mol. The van der Waals surface area contributed by atoms with E-state index in [1.54, 1.807) is 39.2 Å². The number of nitro groups is 1. The molecule has 0 radical (unpaired) electrons. The fourth-order valence-electron chi connectivity index (χ4n) is 4.62. The summed E-state index contributed by atoms with van der Waals surface area (Å²) in [5.41, 5.74) is 1.61. The molecule has 42 heavy (non-hydrogen) atoms. The minimum Gasteiger partial charge on any atom is -0.497 e. The van der Waals surface area contributed by atoms with Gasteiger partial charge < -0.3 is 28.9 Å². The summed E-state index contributed by atoms with van der Waals surface area (Å²) in [6.45, 7) is 3.38. The van der Waals surface area contributed by atoms with E-state index in [2.05, 4.69) is 5.32 Å². The highest BCUT2D eigenvalue weighted by Crippen LogP contribution is 2.60. The highest BCUT2D eigenvalue weighted by molar-refractivity contribution is 7.57. The van der Waals surface area contributed by atoms with Crippen LogP contribution in [0.15, 0.2) is 70.8 Å². The van der Waals surface area contributed by atoms with Crippen molar-refractivity contribution < 1.29 is 42.7 Å². The van der Waals surface area contributed by atoms with Crippen LogP contribution in [-0.2, 0) is 34.8 Å². The standard InChI is InChI=1S/C29H35N2O10P/c1-19-26(27(22-9-8-10-23(17-22)31(34)35)28(20(2)30-19)42(36,37)39-4)29(33)40-16-7-5-6-11-25(32)41-18-21-12-14-24(38-3)15-13-21/h8-10,12-15,17,27,30H,5-7,11,16,18H2,1-4H3,(H,36,37). The first-order valence-corrected chi connectivity index (χ1v) is 14.8. The van der Waals surface area contributed by atoms with Gasteiger partial charge >= 0.3 is 19.5 Å². The Morgan fingerprint density at radius 2 is 1.74 bits per heavy atom. The summed E-state index contributed by atoms with van der Waals surface area (Å²) in [5.74, 6) is -1.48. The van der Waals surface area contributed by atoms with Crippen LogP contribution in [-0.4, -0.2) is 42.6 Å². The largest absolute Gasteiger partial charge is 0.497 e. The number of nitrogens with zero attached hydrogens (tertiary/aromatic N) is 1. The maximum Gasteiger partial charge on any atom is 0.357 e. The number of dihydropyridines is 1. The Bertz CT molecular complexity index is 1420. The van der Waals surface area contributed by atoms with Crippen molar-refractivity contribution in [2.75, 3.05) is 20.8 Å². The Balaban J connectivity index is 1.60. The summed E-state index contributed by atoms with van der Waals surface area (Å²) < 4.78 is 33.9. The molecule has 0 saturated heterocycles. The molecule has 2 N–H and O–H groups in total. The third-order valence-corrected chi connectivity index (χ3v) is 8.43. The van der Waals surface area contributed by atoms with Gasteiger partial charge in [-0.05, 0) is 56.4 Å². The van der Waals surface area contributed by atoms with Crippen LogP contribution in [0.5, 0.6) is 5.75 Å². The Hall–Kier alpha value is -3.99. The maximum absolute atomic E-state index is 13.3. The number of hydrogen-bond donors (Lipinski definition) is 2. The van der Waals surface area contributed by atoms with E-state index >= 15 is 0 Å². The molecule has 0 aliphatic carbocycles. The van der Waals surface area contributed by atoms with Gasteiger partial charge in [0.2, 0.25) is 0 Å². The number of carbonyl (C=O) groups excluding carboxylic acids is 2. The smallest absolute Gasteiger partial charge is 0.357 e. The number of ether oxygens (including phenoxy) is 3. The zero-order valence-corrected chi connectivity index (χ0v) is 24.8. The van der Waals surface area contributed by atoms with Crippen molar-refractivity contribution in [2.24, 2.45) is 0 Å². The van der Waals surface area contributed by atoms with Gasteiger partial charge in [0.25, 0.3) is 5.69 Å². The van der Waals surface area contributed by atoms with E-state index in [-0.39, 0.29) is 47.7 Å². The van der Waals surface area contributed by atoms with Crippen molar-refractivity contribution in [2.45, 2.75) is 52.1 Å². The van der Waals surface area contributed by atoms with Gasteiger partial charge in [-0.1, -0.05) is 24.3 Å². The molecular formula is C29H35N2O10P. The lowest BCUT2D eigenvalue weighted by Crippen LogP contribution is -2.29. The minimum absolute atomic E-state index is 0.0389. The first-order valence-electron chi connectivity index (χ1n) is 13.3. The molecule has 0 aromatic heterocycles. The van der Waals surface area contributed by atoms with E-state index < -0.39 is 24.4 Å². The number of nitro benzene ring substituents is 1. The van der Waals surface area contributed by atoms with E-state index in [0.29, 0.717) is 36.4 Å². The summed E-state index contributed by atoms with van der Waals surface area (Å²) in [4.78, 5) is 46.9. The van der Waals surface area contributed by atoms with Crippen molar-refractivity contribution in [3.05, 3.63) is 92.1 Å². The molecule has 0 saturated carbocycles. The minimum atomic E-state index is -4.39. The van der Waals surface area contributed by atoms with Crippen LogP contribution in [0.3, 0.4) is 0 Å². The summed E-state index contributed by atoms with van der Waals surface area (Å²) in [6, 6.07) is 12.7. The lowest BCUT2D eigenvalue weighted by atomic mass is 9.86. The van der Waals surface area contributed by atoms with Crippen LogP contribution < -0.4 is 10.1 Å². The summed E-state index contributed by atoms with van der Waals surface area (Å²) >= 11 is 0. The van der Waals surface area contributed by atoms with E-state index in [4.69, 9.17) is 18.7 Å². The third kappa shape index (κ3) is 8.28. The number of methoxy groups -OCH3 is 1. The van der Waals surface area contributed by atoms with Crippen molar-refractivity contribution in [3.63, 3.8) is 0 Å². The molecule has 2 atom stereocenters.